The van der Waals surface area contributed by atoms with Crippen LogP contribution in [0.2, 0.25) is 0 Å². The number of hydrogen-bond acceptors (Lipinski definition) is 4. The Kier molecular flexibility index (Phi) is 5.13. The van der Waals surface area contributed by atoms with Crippen LogP contribution in [0.25, 0.3) is 0 Å². The monoisotopic (exact) mass is 267 g/mol. The predicted molar refractivity (Wildman–Crippen MR) is 74.9 cm³/mol. The number of halogens is 1. The van der Waals surface area contributed by atoms with Crippen molar-refractivity contribution in [1.82, 2.24) is 10.2 Å². The highest BCUT2D eigenvalue weighted by atomic mass is 19.1. The number of nitrogens with zero attached hydrogens (tertiary/aromatic N) is 2. The molecule has 0 bridgehead atoms. The van der Waals surface area contributed by atoms with Crippen LogP contribution < -0.4 is 10.2 Å². The minimum atomic E-state index is -0.148. The maximum absolute atomic E-state index is 13.9. The fraction of sp³-hybridized carbons (Fsp3) is 0.571. The van der Waals surface area contributed by atoms with E-state index in [4.69, 9.17) is 5.11 Å². The molecule has 0 spiro atoms. The summed E-state index contributed by atoms with van der Waals surface area (Å²) in [6, 6.07) is 5.26. The summed E-state index contributed by atoms with van der Waals surface area (Å²) in [4.78, 5) is 4.46. The number of nitrogens with one attached hydrogen (secondary N) is 1. The van der Waals surface area contributed by atoms with Crippen LogP contribution in [0.5, 0.6) is 0 Å². The van der Waals surface area contributed by atoms with Gasteiger partial charge in [-0.15, -0.1) is 0 Å². The number of aliphatic hydroxyl groups excluding tert-OH is 1. The smallest absolute Gasteiger partial charge is 0.129 e. The van der Waals surface area contributed by atoms with Crippen LogP contribution >= 0.6 is 0 Å². The molecule has 5 heteroatoms. The van der Waals surface area contributed by atoms with Crippen molar-refractivity contribution in [1.29, 1.82) is 0 Å². The second-order valence-electron chi connectivity index (χ2n) is 4.82. The normalized spacial score (nSPS) is 16.9. The van der Waals surface area contributed by atoms with E-state index in [0.29, 0.717) is 6.54 Å². The van der Waals surface area contributed by atoms with Crippen LogP contribution in [-0.2, 0) is 6.54 Å². The van der Waals surface area contributed by atoms with E-state index in [0.717, 1.165) is 44.0 Å². The van der Waals surface area contributed by atoms with E-state index in [9.17, 15) is 4.39 Å². The molecule has 0 amide bonds. The Morgan fingerprint density at radius 2 is 2.00 bits per heavy atom. The van der Waals surface area contributed by atoms with E-state index in [1.54, 1.807) is 6.07 Å². The molecule has 1 heterocycles. The van der Waals surface area contributed by atoms with Gasteiger partial charge in [0.25, 0.3) is 0 Å². The number of hydrogen-bond donors (Lipinski definition) is 2. The highest BCUT2D eigenvalue weighted by Gasteiger charge is 2.19. The quantitative estimate of drug-likeness (QED) is 0.822. The van der Waals surface area contributed by atoms with Crippen LogP contribution in [0.15, 0.2) is 18.2 Å². The van der Waals surface area contributed by atoms with Crippen LogP contribution in [-0.4, -0.2) is 56.4 Å². The highest BCUT2D eigenvalue weighted by Crippen LogP contribution is 2.24. The number of benzene rings is 1. The minimum Gasteiger partial charge on any atom is -0.395 e. The lowest BCUT2D eigenvalue weighted by molar-refractivity contribution is 0.188. The summed E-state index contributed by atoms with van der Waals surface area (Å²) in [5.41, 5.74) is 1.72. The van der Waals surface area contributed by atoms with Gasteiger partial charge >= 0.3 is 0 Å². The number of piperazine rings is 1. The molecule has 19 heavy (non-hydrogen) atoms. The molecular formula is C14H22FN3O. The van der Waals surface area contributed by atoms with E-state index < -0.39 is 0 Å². The Hall–Kier alpha value is -1.17. The van der Waals surface area contributed by atoms with E-state index in [-0.39, 0.29) is 12.4 Å². The fourth-order valence-electron chi connectivity index (χ4n) is 2.55. The molecule has 1 aromatic rings. The number of β-amino-alcohol motifs (C(OH)–C–C–N with tert-alkyl or cyclic N) is 1. The van der Waals surface area contributed by atoms with Crippen molar-refractivity contribution in [3.63, 3.8) is 0 Å². The van der Waals surface area contributed by atoms with E-state index in [1.807, 2.05) is 13.1 Å². The Morgan fingerprint density at radius 1 is 1.26 bits per heavy atom. The first-order chi connectivity index (χ1) is 9.26. The number of rotatable bonds is 5. The molecule has 2 rings (SSSR count). The second kappa shape index (κ2) is 6.84. The molecule has 1 aromatic carbocycles. The van der Waals surface area contributed by atoms with Crippen molar-refractivity contribution in [3.8, 4) is 0 Å². The Bertz CT molecular complexity index is 406. The summed E-state index contributed by atoms with van der Waals surface area (Å²) in [5.74, 6) is -0.148. The van der Waals surface area contributed by atoms with Gasteiger partial charge in [0.05, 0.1) is 6.61 Å². The molecule has 1 fully saturated rings. The molecule has 0 saturated carbocycles. The van der Waals surface area contributed by atoms with Crippen molar-refractivity contribution in [2.24, 2.45) is 0 Å². The molecule has 1 aliphatic heterocycles. The molecule has 0 atom stereocenters. The highest BCUT2D eigenvalue weighted by molar-refractivity contribution is 5.54. The van der Waals surface area contributed by atoms with Gasteiger partial charge in [-0.3, -0.25) is 4.90 Å². The van der Waals surface area contributed by atoms with Crippen LogP contribution in [0, 0.1) is 5.82 Å². The maximum atomic E-state index is 13.9. The third-order valence-electron chi connectivity index (χ3n) is 3.58. The topological polar surface area (TPSA) is 38.7 Å². The van der Waals surface area contributed by atoms with Crippen molar-refractivity contribution in [2.45, 2.75) is 6.54 Å². The second-order valence-corrected chi connectivity index (χ2v) is 4.82. The van der Waals surface area contributed by atoms with Gasteiger partial charge in [0.2, 0.25) is 0 Å². The van der Waals surface area contributed by atoms with Crippen LogP contribution in [0.3, 0.4) is 0 Å². The van der Waals surface area contributed by atoms with Gasteiger partial charge in [0.15, 0.2) is 0 Å². The zero-order chi connectivity index (χ0) is 13.7. The zero-order valence-corrected chi connectivity index (χ0v) is 11.4. The van der Waals surface area contributed by atoms with Gasteiger partial charge in [0.1, 0.15) is 5.82 Å². The molecule has 0 radical (unpaired) electrons. The summed E-state index contributed by atoms with van der Waals surface area (Å²) in [5, 5.41) is 12.0. The summed E-state index contributed by atoms with van der Waals surface area (Å²) in [6.45, 7) is 5.04. The first-order valence-corrected chi connectivity index (χ1v) is 6.76. The third-order valence-corrected chi connectivity index (χ3v) is 3.58. The van der Waals surface area contributed by atoms with Gasteiger partial charge in [-0.05, 0) is 19.2 Å². The van der Waals surface area contributed by atoms with E-state index in [1.165, 1.54) is 6.07 Å². The lowest BCUT2D eigenvalue weighted by atomic mass is 10.1. The molecule has 0 aromatic heterocycles. The third kappa shape index (κ3) is 3.43. The van der Waals surface area contributed by atoms with Gasteiger partial charge in [-0.1, -0.05) is 6.07 Å². The SMILES string of the molecule is CNCc1c(F)cccc1N1CCN(CCO)CC1. The Balaban J connectivity index is 2.08. The van der Waals surface area contributed by atoms with Gasteiger partial charge in [0, 0.05) is 50.5 Å². The Labute approximate surface area is 113 Å². The lowest BCUT2D eigenvalue weighted by Gasteiger charge is -2.36. The van der Waals surface area contributed by atoms with Crippen molar-refractivity contribution >= 4 is 5.69 Å². The summed E-state index contributed by atoms with van der Waals surface area (Å²) in [6.07, 6.45) is 0. The van der Waals surface area contributed by atoms with E-state index in [2.05, 4.69) is 15.1 Å². The zero-order valence-electron chi connectivity index (χ0n) is 11.4. The summed E-state index contributed by atoms with van der Waals surface area (Å²) >= 11 is 0. The molecule has 4 nitrogen and oxygen atoms in total. The fourth-order valence-corrected chi connectivity index (χ4v) is 2.55. The average Bonchev–Trinajstić information content (AvgIpc) is 2.43. The molecule has 1 aliphatic rings. The minimum absolute atomic E-state index is 0.148. The van der Waals surface area contributed by atoms with Crippen molar-refractivity contribution in [3.05, 3.63) is 29.6 Å². The van der Waals surface area contributed by atoms with Crippen LogP contribution in [0.4, 0.5) is 10.1 Å². The molecule has 0 aliphatic carbocycles. The first kappa shape index (κ1) is 14.2. The predicted octanol–water partition coefficient (Wildman–Crippen LogP) is 0.659. The average molecular weight is 267 g/mol. The number of anilines is 1. The van der Waals surface area contributed by atoms with E-state index >= 15 is 0 Å². The van der Waals surface area contributed by atoms with Crippen molar-refractivity contribution in [2.75, 3.05) is 51.3 Å². The molecule has 2 N–H and O–H groups in total. The first-order valence-electron chi connectivity index (χ1n) is 6.76. The molecule has 0 unspecified atom stereocenters. The largest absolute Gasteiger partial charge is 0.395 e. The van der Waals surface area contributed by atoms with Crippen LogP contribution in [0.1, 0.15) is 5.56 Å². The summed E-state index contributed by atoms with van der Waals surface area (Å²) in [7, 11) is 1.83. The Morgan fingerprint density at radius 3 is 2.63 bits per heavy atom. The molecule has 1 saturated heterocycles. The van der Waals surface area contributed by atoms with Gasteiger partial charge < -0.3 is 15.3 Å². The molecular weight excluding hydrogens is 245 g/mol. The van der Waals surface area contributed by atoms with Gasteiger partial charge in [-0.25, -0.2) is 4.39 Å². The molecule has 106 valence electrons. The van der Waals surface area contributed by atoms with Crippen molar-refractivity contribution < 1.29 is 9.50 Å². The number of aliphatic hydroxyl groups is 1. The summed E-state index contributed by atoms with van der Waals surface area (Å²) < 4.78 is 13.9. The standard InChI is InChI=1S/C14H22FN3O/c1-16-11-12-13(15)3-2-4-14(12)18-7-5-17(6-8-18)9-10-19/h2-4,16,19H,5-11H2,1H3. The lowest BCUT2D eigenvalue weighted by Crippen LogP contribution is -2.47. The van der Waals surface area contributed by atoms with Gasteiger partial charge in [-0.2, -0.15) is 0 Å². The maximum Gasteiger partial charge on any atom is 0.129 e.